The lowest BCUT2D eigenvalue weighted by atomic mass is 9.95. The average Bonchev–Trinajstić information content (AvgIpc) is 3.75. The molecule has 10 aromatic rings. The van der Waals surface area contributed by atoms with Gasteiger partial charge in [-0.2, -0.15) is 0 Å². The number of para-hydroxylation sites is 2. The molecule has 0 N–H and O–H groups in total. The van der Waals surface area contributed by atoms with Crippen molar-refractivity contribution >= 4 is 28.0 Å². The van der Waals surface area contributed by atoms with Gasteiger partial charge in [0.2, 0.25) is 0 Å². The summed E-state index contributed by atoms with van der Waals surface area (Å²) in [6, 6.07) is 84.2. The highest BCUT2D eigenvalue weighted by molar-refractivity contribution is 5.91. The molecule has 58 heavy (non-hydrogen) atoms. The molecule has 2 nitrogen and oxygen atoms in total. The molecule has 0 radical (unpaired) electrons. The zero-order chi connectivity index (χ0) is 38.7. The Hall–Kier alpha value is -7.68. The smallest absolute Gasteiger partial charge is 0.136 e. The average molecular weight is 742 g/mol. The molecule has 0 atom stereocenters. The summed E-state index contributed by atoms with van der Waals surface area (Å²) in [7, 11) is 0. The fourth-order valence-electron chi connectivity index (χ4n) is 7.96. The molecule has 1 aromatic heterocycles. The van der Waals surface area contributed by atoms with Crippen LogP contribution in [-0.4, -0.2) is 0 Å². The molecule has 0 bridgehead atoms. The SMILES string of the molecule is c1ccc(-c2ccc(-c3ccccc3N(c3ccc(-c4ccccc4)cc3)c3ccc(-c4ccc(-c5ccccc5-c5cc6ccccc6o5)cc4)cc3)cc2)cc1. The number of furan rings is 1. The maximum absolute atomic E-state index is 6.28. The Morgan fingerprint density at radius 3 is 1.19 bits per heavy atom. The number of fused-ring (bicyclic) bond motifs is 1. The van der Waals surface area contributed by atoms with E-state index in [1.807, 2.05) is 18.2 Å². The van der Waals surface area contributed by atoms with Crippen molar-refractivity contribution in [1.29, 1.82) is 0 Å². The van der Waals surface area contributed by atoms with E-state index in [1.165, 1.54) is 27.8 Å². The largest absolute Gasteiger partial charge is 0.456 e. The van der Waals surface area contributed by atoms with E-state index in [2.05, 4.69) is 223 Å². The summed E-state index contributed by atoms with van der Waals surface area (Å²) in [5.41, 5.74) is 17.0. The molecule has 0 saturated carbocycles. The minimum atomic E-state index is 0.876. The monoisotopic (exact) mass is 741 g/mol. The topological polar surface area (TPSA) is 16.4 Å². The van der Waals surface area contributed by atoms with Gasteiger partial charge in [0.15, 0.2) is 0 Å². The van der Waals surface area contributed by atoms with Crippen LogP contribution >= 0.6 is 0 Å². The predicted molar refractivity (Wildman–Crippen MR) is 244 cm³/mol. The minimum Gasteiger partial charge on any atom is -0.456 e. The lowest BCUT2D eigenvalue weighted by Crippen LogP contribution is -2.11. The molecule has 2 heteroatoms. The third-order valence-electron chi connectivity index (χ3n) is 11.0. The molecule has 0 aliphatic heterocycles. The van der Waals surface area contributed by atoms with Crippen LogP contribution in [0.4, 0.5) is 17.1 Å². The van der Waals surface area contributed by atoms with Gasteiger partial charge >= 0.3 is 0 Å². The van der Waals surface area contributed by atoms with Gasteiger partial charge in [-0.1, -0.05) is 194 Å². The zero-order valence-corrected chi connectivity index (χ0v) is 31.9. The highest BCUT2D eigenvalue weighted by Gasteiger charge is 2.18. The van der Waals surface area contributed by atoms with Gasteiger partial charge in [0.1, 0.15) is 11.3 Å². The number of benzene rings is 9. The molecule has 0 spiro atoms. The van der Waals surface area contributed by atoms with Crippen molar-refractivity contribution in [2.75, 3.05) is 4.90 Å². The summed E-state index contributed by atoms with van der Waals surface area (Å²) in [5, 5.41) is 1.11. The standard InChI is InChI=1S/C56H39NO/c1-3-13-40(14-4-1)42-25-29-47(30-26-42)52-19-10-11-21-54(52)57(49-35-31-44(32-36-49)41-15-5-2-6-16-41)50-37-33-45(34-38-50)43-23-27-46(28-24-43)51-18-8-9-20-53(51)56-39-48-17-7-12-22-55(48)58-56/h1-39H. The fourth-order valence-corrected chi connectivity index (χ4v) is 7.96. The summed E-state index contributed by atoms with van der Waals surface area (Å²) in [6.45, 7) is 0. The van der Waals surface area contributed by atoms with Gasteiger partial charge in [-0.25, -0.2) is 0 Å². The summed E-state index contributed by atoms with van der Waals surface area (Å²) in [4.78, 5) is 2.37. The van der Waals surface area contributed by atoms with Gasteiger partial charge in [0.25, 0.3) is 0 Å². The van der Waals surface area contributed by atoms with Gasteiger partial charge in [-0.15, -0.1) is 0 Å². The van der Waals surface area contributed by atoms with E-state index in [0.717, 1.165) is 67.2 Å². The van der Waals surface area contributed by atoms with E-state index in [-0.39, 0.29) is 0 Å². The van der Waals surface area contributed by atoms with Gasteiger partial charge in [0, 0.05) is 27.9 Å². The van der Waals surface area contributed by atoms with Crippen LogP contribution in [0, 0.1) is 0 Å². The third kappa shape index (κ3) is 6.89. The molecule has 1 heterocycles. The third-order valence-corrected chi connectivity index (χ3v) is 11.0. The van der Waals surface area contributed by atoms with Crippen LogP contribution in [-0.2, 0) is 0 Å². The first-order valence-corrected chi connectivity index (χ1v) is 19.7. The predicted octanol–water partition coefficient (Wildman–Crippen LogP) is 15.9. The molecular weight excluding hydrogens is 703 g/mol. The quantitative estimate of drug-likeness (QED) is 0.146. The number of hydrogen-bond acceptors (Lipinski definition) is 2. The van der Waals surface area contributed by atoms with Crippen LogP contribution in [0.25, 0.3) is 77.9 Å². The number of anilines is 3. The molecule has 274 valence electrons. The Balaban J connectivity index is 0.991. The number of rotatable bonds is 9. The van der Waals surface area contributed by atoms with Crippen molar-refractivity contribution in [2.45, 2.75) is 0 Å². The zero-order valence-electron chi connectivity index (χ0n) is 31.9. The van der Waals surface area contributed by atoms with Crippen LogP contribution in [0.2, 0.25) is 0 Å². The summed E-state index contributed by atoms with van der Waals surface area (Å²) < 4.78 is 6.28. The Kier molecular flexibility index (Phi) is 9.27. The van der Waals surface area contributed by atoms with E-state index in [4.69, 9.17) is 4.42 Å². The normalized spacial score (nSPS) is 11.1. The van der Waals surface area contributed by atoms with E-state index in [9.17, 15) is 0 Å². The van der Waals surface area contributed by atoms with Crippen LogP contribution in [0.1, 0.15) is 0 Å². The lowest BCUT2D eigenvalue weighted by molar-refractivity contribution is 0.632. The van der Waals surface area contributed by atoms with Gasteiger partial charge in [0.05, 0.1) is 5.69 Å². The molecule has 0 aliphatic carbocycles. The lowest BCUT2D eigenvalue weighted by Gasteiger charge is -2.28. The highest BCUT2D eigenvalue weighted by Crippen LogP contribution is 2.43. The van der Waals surface area contributed by atoms with Gasteiger partial charge in [-0.05, 0) is 92.5 Å². The van der Waals surface area contributed by atoms with Crippen molar-refractivity contribution < 1.29 is 4.42 Å². The first-order chi connectivity index (χ1) is 28.7. The second-order valence-electron chi connectivity index (χ2n) is 14.5. The summed E-state index contributed by atoms with van der Waals surface area (Å²) >= 11 is 0. The van der Waals surface area contributed by atoms with Crippen LogP contribution in [0.3, 0.4) is 0 Å². The number of nitrogens with zero attached hydrogens (tertiary/aromatic N) is 1. The molecule has 0 fully saturated rings. The first-order valence-electron chi connectivity index (χ1n) is 19.7. The Morgan fingerprint density at radius 1 is 0.276 bits per heavy atom. The van der Waals surface area contributed by atoms with Crippen molar-refractivity contribution in [2.24, 2.45) is 0 Å². The van der Waals surface area contributed by atoms with E-state index in [1.54, 1.807) is 0 Å². The molecule has 0 amide bonds. The molecule has 9 aromatic carbocycles. The van der Waals surface area contributed by atoms with E-state index < -0.39 is 0 Å². The summed E-state index contributed by atoms with van der Waals surface area (Å²) in [6.07, 6.45) is 0. The second kappa shape index (κ2) is 15.5. The summed E-state index contributed by atoms with van der Waals surface area (Å²) in [5.74, 6) is 0.876. The molecule has 10 rings (SSSR count). The molecule has 0 saturated heterocycles. The molecular formula is C56H39NO. The van der Waals surface area contributed by atoms with Gasteiger partial charge < -0.3 is 9.32 Å². The van der Waals surface area contributed by atoms with Crippen molar-refractivity contribution in [1.82, 2.24) is 0 Å². The maximum Gasteiger partial charge on any atom is 0.136 e. The second-order valence-corrected chi connectivity index (χ2v) is 14.5. The maximum atomic E-state index is 6.28. The Labute approximate surface area is 339 Å². The Bertz CT molecular complexity index is 2910. The Morgan fingerprint density at radius 2 is 0.655 bits per heavy atom. The fraction of sp³-hybridized carbons (Fsp3) is 0. The molecule has 0 aliphatic rings. The molecule has 0 unspecified atom stereocenters. The van der Waals surface area contributed by atoms with Gasteiger partial charge in [-0.3, -0.25) is 0 Å². The minimum absolute atomic E-state index is 0.876. The highest BCUT2D eigenvalue weighted by atomic mass is 16.3. The van der Waals surface area contributed by atoms with E-state index in [0.29, 0.717) is 0 Å². The number of hydrogen-bond donors (Lipinski definition) is 0. The van der Waals surface area contributed by atoms with Crippen LogP contribution in [0.15, 0.2) is 241 Å². The van der Waals surface area contributed by atoms with Crippen molar-refractivity contribution in [3.63, 3.8) is 0 Å². The van der Waals surface area contributed by atoms with Crippen molar-refractivity contribution in [3.8, 4) is 67.0 Å². The van der Waals surface area contributed by atoms with E-state index >= 15 is 0 Å². The van der Waals surface area contributed by atoms with Crippen LogP contribution in [0.5, 0.6) is 0 Å². The van der Waals surface area contributed by atoms with Crippen LogP contribution < -0.4 is 4.90 Å². The van der Waals surface area contributed by atoms with Crippen molar-refractivity contribution in [3.05, 3.63) is 237 Å². The first kappa shape index (κ1) is 34.8.